The molecule has 0 radical (unpaired) electrons. The molecule has 0 amide bonds. The van der Waals surface area contributed by atoms with E-state index in [2.05, 4.69) is 72.0 Å². The van der Waals surface area contributed by atoms with Crippen molar-refractivity contribution in [2.45, 2.75) is 46.2 Å². The number of rotatable bonds is 3. The predicted molar refractivity (Wildman–Crippen MR) is 86.9 cm³/mol. The Morgan fingerprint density at radius 2 is 2.11 bits per heavy atom. The summed E-state index contributed by atoms with van der Waals surface area (Å²) in [5, 5.41) is 3.63. The lowest BCUT2D eigenvalue weighted by Crippen LogP contribution is -2.53. The van der Waals surface area contributed by atoms with Crippen LogP contribution in [0.2, 0.25) is 0 Å². The highest BCUT2D eigenvalue weighted by atomic mass is 79.9. The minimum absolute atomic E-state index is 0.575. The SMILES string of the molecule is CCNC1CCN(c2cc(Br)ccc2C)C(C)C1C. The molecule has 1 aliphatic rings. The summed E-state index contributed by atoms with van der Waals surface area (Å²) in [5.41, 5.74) is 2.74. The van der Waals surface area contributed by atoms with E-state index in [0.29, 0.717) is 18.0 Å². The van der Waals surface area contributed by atoms with E-state index in [9.17, 15) is 0 Å². The second-order valence-electron chi connectivity index (χ2n) is 5.68. The van der Waals surface area contributed by atoms with E-state index in [0.717, 1.165) is 13.1 Å². The number of piperidine rings is 1. The number of hydrogen-bond donors (Lipinski definition) is 1. The van der Waals surface area contributed by atoms with Crippen LogP contribution >= 0.6 is 15.9 Å². The van der Waals surface area contributed by atoms with E-state index in [1.807, 2.05) is 0 Å². The molecule has 0 spiro atoms. The van der Waals surface area contributed by atoms with Crippen LogP contribution in [0.25, 0.3) is 0 Å². The van der Waals surface area contributed by atoms with Crippen LogP contribution in [-0.2, 0) is 0 Å². The molecule has 3 heteroatoms. The molecule has 3 atom stereocenters. The van der Waals surface area contributed by atoms with Crippen molar-refractivity contribution >= 4 is 21.6 Å². The summed E-state index contributed by atoms with van der Waals surface area (Å²) in [6.07, 6.45) is 1.23. The minimum Gasteiger partial charge on any atom is -0.368 e. The van der Waals surface area contributed by atoms with Gasteiger partial charge in [0, 0.05) is 28.8 Å². The second-order valence-corrected chi connectivity index (χ2v) is 6.59. The Balaban J connectivity index is 2.20. The van der Waals surface area contributed by atoms with Crippen LogP contribution in [-0.4, -0.2) is 25.2 Å². The first kappa shape index (κ1) is 14.9. The Morgan fingerprint density at radius 1 is 1.37 bits per heavy atom. The molecule has 0 aromatic heterocycles. The van der Waals surface area contributed by atoms with Gasteiger partial charge in [0.15, 0.2) is 0 Å². The van der Waals surface area contributed by atoms with Gasteiger partial charge >= 0.3 is 0 Å². The van der Waals surface area contributed by atoms with Crippen molar-refractivity contribution in [3.05, 3.63) is 28.2 Å². The van der Waals surface area contributed by atoms with Crippen molar-refractivity contribution in [1.82, 2.24) is 5.32 Å². The molecule has 1 N–H and O–H groups in total. The first-order valence-corrected chi connectivity index (χ1v) is 8.10. The van der Waals surface area contributed by atoms with Crippen molar-refractivity contribution in [3.8, 4) is 0 Å². The summed E-state index contributed by atoms with van der Waals surface area (Å²) in [6, 6.07) is 7.81. The standard InChI is InChI=1S/C16H25BrN2/c1-5-18-15-8-9-19(13(4)12(15)3)16-10-14(17)7-6-11(16)2/h6-7,10,12-13,15,18H,5,8-9H2,1-4H3. The third-order valence-electron chi connectivity index (χ3n) is 4.52. The molecule has 1 aliphatic heterocycles. The van der Waals surface area contributed by atoms with Crippen LogP contribution in [0, 0.1) is 12.8 Å². The van der Waals surface area contributed by atoms with Crippen LogP contribution in [0.5, 0.6) is 0 Å². The predicted octanol–water partition coefficient (Wildman–Crippen LogP) is 3.97. The zero-order valence-corrected chi connectivity index (χ0v) is 14.0. The van der Waals surface area contributed by atoms with Gasteiger partial charge in [-0.2, -0.15) is 0 Å². The molecular formula is C16H25BrN2. The number of nitrogens with zero attached hydrogens (tertiary/aromatic N) is 1. The van der Waals surface area contributed by atoms with E-state index >= 15 is 0 Å². The number of hydrogen-bond acceptors (Lipinski definition) is 2. The fourth-order valence-corrected chi connectivity index (χ4v) is 3.50. The maximum atomic E-state index is 3.63. The van der Waals surface area contributed by atoms with Crippen molar-refractivity contribution in [1.29, 1.82) is 0 Å². The van der Waals surface area contributed by atoms with Gasteiger partial charge in [-0.25, -0.2) is 0 Å². The first-order chi connectivity index (χ1) is 9.04. The lowest BCUT2D eigenvalue weighted by molar-refractivity contribution is 0.274. The quantitative estimate of drug-likeness (QED) is 0.905. The highest BCUT2D eigenvalue weighted by Crippen LogP contribution is 2.32. The number of nitrogens with one attached hydrogen (secondary N) is 1. The molecular weight excluding hydrogens is 300 g/mol. The molecule has 0 aliphatic carbocycles. The van der Waals surface area contributed by atoms with Gasteiger partial charge in [0.05, 0.1) is 0 Å². The summed E-state index contributed by atoms with van der Waals surface area (Å²) >= 11 is 3.60. The number of halogens is 1. The molecule has 0 saturated carbocycles. The lowest BCUT2D eigenvalue weighted by atomic mass is 9.86. The molecule has 2 nitrogen and oxygen atoms in total. The summed E-state index contributed by atoms with van der Waals surface area (Å²) in [6.45, 7) is 11.3. The van der Waals surface area contributed by atoms with Crippen molar-refractivity contribution in [2.24, 2.45) is 5.92 Å². The summed E-state index contributed by atoms with van der Waals surface area (Å²) in [4.78, 5) is 2.57. The maximum Gasteiger partial charge on any atom is 0.0409 e. The minimum atomic E-state index is 0.575. The van der Waals surface area contributed by atoms with Gasteiger partial charge in [-0.3, -0.25) is 0 Å². The summed E-state index contributed by atoms with van der Waals surface area (Å²) in [7, 11) is 0. The monoisotopic (exact) mass is 324 g/mol. The van der Waals surface area contributed by atoms with Crippen LogP contribution in [0.15, 0.2) is 22.7 Å². The Kier molecular flexibility index (Phi) is 4.91. The van der Waals surface area contributed by atoms with Crippen molar-refractivity contribution in [2.75, 3.05) is 18.0 Å². The van der Waals surface area contributed by atoms with Gasteiger partial charge in [-0.05, 0) is 50.4 Å². The topological polar surface area (TPSA) is 15.3 Å². The number of benzene rings is 1. The normalized spacial score (nSPS) is 27.6. The molecule has 0 bridgehead atoms. The summed E-state index contributed by atoms with van der Waals surface area (Å²) < 4.78 is 1.17. The molecule has 1 saturated heterocycles. The van der Waals surface area contributed by atoms with E-state index < -0.39 is 0 Å². The van der Waals surface area contributed by atoms with E-state index in [-0.39, 0.29) is 0 Å². The van der Waals surface area contributed by atoms with Gasteiger partial charge in [0.1, 0.15) is 0 Å². The molecule has 106 valence electrons. The van der Waals surface area contributed by atoms with Gasteiger partial charge < -0.3 is 10.2 Å². The molecule has 1 heterocycles. The van der Waals surface area contributed by atoms with Gasteiger partial charge in [-0.1, -0.05) is 35.8 Å². The average Bonchev–Trinajstić information content (AvgIpc) is 2.39. The molecule has 1 aromatic carbocycles. The Morgan fingerprint density at radius 3 is 2.79 bits per heavy atom. The molecule has 19 heavy (non-hydrogen) atoms. The van der Waals surface area contributed by atoms with Crippen molar-refractivity contribution in [3.63, 3.8) is 0 Å². The summed E-state index contributed by atoms with van der Waals surface area (Å²) in [5.74, 6) is 0.673. The first-order valence-electron chi connectivity index (χ1n) is 7.30. The van der Waals surface area contributed by atoms with Crippen LogP contribution in [0.4, 0.5) is 5.69 Å². The van der Waals surface area contributed by atoms with E-state index in [4.69, 9.17) is 0 Å². The molecule has 3 unspecified atom stereocenters. The number of aryl methyl sites for hydroxylation is 1. The van der Waals surface area contributed by atoms with Gasteiger partial charge in [0.25, 0.3) is 0 Å². The van der Waals surface area contributed by atoms with E-state index in [1.54, 1.807) is 0 Å². The average molecular weight is 325 g/mol. The third kappa shape index (κ3) is 3.14. The fourth-order valence-electron chi connectivity index (χ4n) is 3.15. The number of anilines is 1. The smallest absolute Gasteiger partial charge is 0.0409 e. The molecule has 1 fully saturated rings. The van der Waals surface area contributed by atoms with Crippen LogP contribution in [0.3, 0.4) is 0 Å². The third-order valence-corrected chi connectivity index (χ3v) is 5.01. The lowest BCUT2D eigenvalue weighted by Gasteiger charge is -2.45. The fraction of sp³-hybridized carbons (Fsp3) is 0.625. The molecule has 1 aromatic rings. The van der Waals surface area contributed by atoms with Crippen molar-refractivity contribution < 1.29 is 0 Å². The zero-order valence-electron chi connectivity index (χ0n) is 12.4. The Bertz CT molecular complexity index is 433. The Labute approximate surface area is 125 Å². The largest absolute Gasteiger partial charge is 0.368 e. The van der Waals surface area contributed by atoms with Gasteiger partial charge in [-0.15, -0.1) is 0 Å². The highest BCUT2D eigenvalue weighted by molar-refractivity contribution is 9.10. The second kappa shape index (κ2) is 6.27. The highest BCUT2D eigenvalue weighted by Gasteiger charge is 2.32. The Hall–Kier alpha value is -0.540. The zero-order chi connectivity index (χ0) is 14.0. The molecule has 2 rings (SSSR count). The van der Waals surface area contributed by atoms with Crippen LogP contribution < -0.4 is 10.2 Å². The van der Waals surface area contributed by atoms with Gasteiger partial charge in [0.2, 0.25) is 0 Å². The maximum absolute atomic E-state index is 3.63. The van der Waals surface area contributed by atoms with Crippen LogP contribution in [0.1, 0.15) is 32.8 Å². The van der Waals surface area contributed by atoms with E-state index in [1.165, 1.54) is 22.1 Å².